The Bertz CT molecular complexity index is 647. The second-order valence-corrected chi connectivity index (χ2v) is 7.54. The summed E-state index contributed by atoms with van der Waals surface area (Å²) in [5.41, 5.74) is 0.0940. The highest BCUT2D eigenvalue weighted by molar-refractivity contribution is 5.79. The van der Waals surface area contributed by atoms with Crippen LogP contribution in [-0.4, -0.2) is 51.5 Å². The molecule has 1 atom stereocenters. The van der Waals surface area contributed by atoms with Crippen LogP contribution in [0.5, 0.6) is 0 Å². The van der Waals surface area contributed by atoms with Gasteiger partial charge < -0.3 is 20.1 Å². The number of guanidine groups is 1. The lowest BCUT2D eigenvalue weighted by atomic mass is 9.96. The van der Waals surface area contributed by atoms with Crippen molar-refractivity contribution in [1.82, 2.24) is 10.6 Å². The minimum Gasteiger partial charge on any atom is -0.381 e. The van der Waals surface area contributed by atoms with Crippen LogP contribution in [0.3, 0.4) is 0 Å². The van der Waals surface area contributed by atoms with Crippen LogP contribution in [0, 0.1) is 0 Å². The predicted molar refractivity (Wildman–Crippen MR) is 113 cm³/mol. The van der Waals surface area contributed by atoms with Crippen molar-refractivity contribution in [3.63, 3.8) is 0 Å². The minimum atomic E-state index is -4.31. The molecule has 1 unspecified atom stereocenters. The van der Waals surface area contributed by atoms with Gasteiger partial charge in [-0.2, -0.15) is 13.2 Å². The maximum atomic E-state index is 12.9. The summed E-state index contributed by atoms with van der Waals surface area (Å²) in [5, 5.41) is 6.46. The molecule has 0 bridgehead atoms. The Hall–Kier alpha value is -1.80. The maximum Gasteiger partial charge on any atom is 0.416 e. The van der Waals surface area contributed by atoms with Crippen LogP contribution < -0.4 is 10.6 Å². The molecule has 1 aliphatic rings. The maximum absolute atomic E-state index is 12.9. The van der Waals surface area contributed by atoms with Gasteiger partial charge in [-0.3, -0.25) is 4.99 Å². The molecule has 8 heteroatoms. The molecule has 1 aliphatic heterocycles. The third-order valence-electron chi connectivity index (χ3n) is 5.09. The van der Waals surface area contributed by atoms with Crippen molar-refractivity contribution < 1.29 is 22.6 Å². The molecule has 0 aliphatic carbocycles. The van der Waals surface area contributed by atoms with Crippen molar-refractivity contribution in [3.05, 3.63) is 35.4 Å². The largest absolute Gasteiger partial charge is 0.416 e. The lowest BCUT2D eigenvalue weighted by Crippen LogP contribution is -2.38. The number of nitrogens with zero attached hydrogens (tertiary/aromatic N) is 1. The summed E-state index contributed by atoms with van der Waals surface area (Å²) >= 11 is 0. The average Bonchev–Trinajstić information content (AvgIpc) is 2.73. The monoisotopic (exact) mass is 429 g/mol. The summed E-state index contributed by atoms with van der Waals surface area (Å²) in [6.07, 6.45) is -0.554. The van der Waals surface area contributed by atoms with E-state index in [0.29, 0.717) is 37.8 Å². The molecule has 1 heterocycles. The number of aliphatic imine (C=N–C) groups is 1. The molecule has 0 aromatic heterocycles. The van der Waals surface area contributed by atoms with Crippen LogP contribution >= 0.6 is 0 Å². The normalized spacial score (nSPS) is 17.0. The molecule has 0 spiro atoms. The third kappa shape index (κ3) is 8.92. The van der Waals surface area contributed by atoms with Gasteiger partial charge in [0.2, 0.25) is 0 Å². The molecule has 0 saturated carbocycles. The molecular weight excluding hydrogens is 395 g/mol. The Morgan fingerprint density at radius 3 is 2.73 bits per heavy atom. The first-order valence-corrected chi connectivity index (χ1v) is 10.8. The van der Waals surface area contributed by atoms with Crippen LogP contribution in [0.2, 0.25) is 0 Å². The Kier molecular flexibility index (Phi) is 10.4. The number of halogens is 3. The average molecular weight is 430 g/mol. The van der Waals surface area contributed by atoms with E-state index in [1.54, 1.807) is 6.07 Å². The number of benzene rings is 1. The van der Waals surface area contributed by atoms with Gasteiger partial charge in [0.1, 0.15) is 0 Å². The van der Waals surface area contributed by atoms with Gasteiger partial charge in [-0.15, -0.1) is 0 Å². The van der Waals surface area contributed by atoms with Gasteiger partial charge in [0.25, 0.3) is 0 Å². The Morgan fingerprint density at radius 2 is 2.03 bits per heavy atom. The zero-order valence-corrected chi connectivity index (χ0v) is 17.9. The Balaban J connectivity index is 1.72. The fourth-order valence-electron chi connectivity index (χ4n) is 3.29. The number of hydrogen-bond donors (Lipinski definition) is 2. The lowest BCUT2D eigenvalue weighted by molar-refractivity contribution is -0.137. The number of ether oxygens (including phenoxy) is 2. The van der Waals surface area contributed by atoms with Crippen LogP contribution in [0.25, 0.3) is 0 Å². The fourth-order valence-corrected chi connectivity index (χ4v) is 3.29. The number of rotatable bonds is 10. The van der Waals surface area contributed by atoms with Crippen molar-refractivity contribution in [2.24, 2.45) is 4.99 Å². The first-order valence-electron chi connectivity index (χ1n) is 10.8. The van der Waals surface area contributed by atoms with E-state index < -0.39 is 11.7 Å². The number of hydrogen-bond acceptors (Lipinski definition) is 3. The van der Waals surface area contributed by atoms with Gasteiger partial charge in [0.05, 0.1) is 11.7 Å². The molecule has 1 fully saturated rings. The topological polar surface area (TPSA) is 54.9 Å². The number of nitrogens with one attached hydrogen (secondary N) is 2. The van der Waals surface area contributed by atoms with Crippen molar-refractivity contribution >= 4 is 5.96 Å². The van der Waals surface area contributed by atoms with Crippen molar-refractivity contribution in [3.8, 4) is 0 Å². The second kappa shape index (κ2) is 12.8. The van der Waals surface area contributed by atoms with E-state index in [1.807, 2.05) is 13.8 Å². The van der Waals surface area contributed by atoms with Crippen molar-refractivity contribution in [2.45, 2.75) is 57.7 Å². The summed E-state index contributed by atoms with van der Waals surface area (Å²) in [6.45, 7) is 8.19. The number of alkyl halides is 3. The molecule has 2 rings (SSSR count). The van der Waals surface area contributed by atoms with E-state index in [0.717, 1.165) is 51.0 Å². The van der Waals surface area contributed by atoms with Crippen molar-refractivity contribution in [1.29, 1.82) is 0 Å². The van der Waals surface area contributed by atoms with Crippen molar-refractivity contribution in [2.75, 3.05) is 39.5 Å². The van der Waals surface area contributed by atoms with E-state index in [4.69, 9.17) is 9.47 Å². The summed E-state index contributed by atoms with van der Waals surface area (Å²) in [4.78, 5) is 4.55. The lowest BCUT2D eigenvalue weighted by Gasteiger charge is -2.22. The molecular formula is C22H34F3N3O2. The second-order valence-electron chi connectivity index (χ2n) is 7.54. The third-order valence-corrected chi connectivity index (χ3v) is 5.09. The Labute approximate surface area is 177 Å². The highest BCUT2D eigenvalue weighted by Gasteiger charge is 2.30. The Morgan fingerprint density at radius 1 is 1.27 bits per heavy atom. The summed E-state index contributed by atoms with van der Waals surface area (Å²) in [6, 6.07) is 5.56. The first kappa shape index (κ1) is 24.5. The predicted octanol–water partition coefficient (Wildman–Crippen LogP) is 4.34. The minimum absolute atomic E-state index is 0.00977. The summed E-state index contributed by atoms with van der Waals surface area (Å²) in [5.74, 6) is 0.732. The zero-order valence-electron chi connectivity index (χ0n) is 17.9. The van der Waals surface area contributed by atoms with Gasteiger partial charge in [-0.1, -0.05) is 25.1 Å². The summed E-state index contributed by atoms with van der Waals surface area (Å²) < 4.78 is 49.9. The van der Waals surface area contributed by atoms with Gasteiger partial charge in [-0.05, 0) is 50.2 Å². The van der Waals surface area contributed by atoms with Crippen LogP contribution in [-0.2, 0) is 15.7 Å². The molecule has 170 valence electrons. The van der Waals surface area contributed by atoms with E-state index in [9.17, 15) is 13.2 Å². The molecule has 0 radical (unpaired) electrons. The van der Waals surface area contributed by atoms with Crippen LogP contribution in [0.4, 0.5) is 13.2 Å². The van der Waals surface area contributed by atoms with E-state index >= 15 is 0 Å². The molecule has 30 heavy (non-hydrogen) atoms. The van der Waals surface area contributed by atoms with Gasteiger partial charge in [0.15, 0.2) is 5.96 Å². The smallest absolute Gasteiger partial charge is 0.381 e. The van der Waals surface area contributed by atoms with Gasteiger partial charge in [0, 0.05) is 39.5 Å². The molecule has 1 aromatic rings. The zero-order chi connectivity index (χ0) is 21.8. The first-order chi connectivity index (χ1) is 14.4. The standard InChI is InChI=1S/C22H34F3N3O2/c1-3-26-21(27-11-5-13-30-20-9-14-29-15-10-20)28-12-8-17(2)18-6-4-7-19(16-18)22(23,24)25/h4,6-7,16-17,20H,3,5,8-15H2,1-2H3,(H2,26,27,28). The summed E-state index contributed by atoms with van der Waals surface area (Å²) in [7, 11) is 0. The SMILES string of the molecule is CCNC(=NCCCOC1CCOCC1)NCCC(C)c1cccc(C(F)(F)F)c1. The van der Waals surface area contributed by atoms with Gasteiger partial charge >= 0.3 is 6.18 Å². The van der Waals surface area contributed by atoms with E-state index in [1.165, 1.54) is 12.1 Å². The van der Waals surface area contributed by atoms with Gasteiger partial charge in [-0.25, -0.2) is 0 Å². The highest BCUT2D eigenvalue weighted by atomic mass is 19.4. The fraction of sp³-hybridized carbons (Fsp3) is 0.682. The van der Waals surface area contributed by atoms with E-state index in [-0.39, 0.29) is 5.92 Å². The quantitative estimate of drug-likeness (QED) is 0.330. The molecule has 1 saturated heterocycles. The molecule has 2 N–H and O–H groups in total. The van der Waals surface area contributed by atoms with E-state index in [2.05, 4.69) is 15.6 Å². The van der Waals surface area contributed by atoms with Crippen LogP contribution in [0.1, 0.15) is 56.6 Å². The highest BCUT2D eigenvalue weighted by Crippen LogP contribution is 2.31. The molecule has 1 aromatic carbocycles. The van der Waals surface area contributed by atoms with Crippen LogP contribution in [0.15, 0.2) is 29.3 Å². The molecule has 5 nitrogen and oxygen atoms in total. The molecule has 0 amide bonds.